The molecule has 0 aromatic heterocycles. The number of allylic oxidation sites excluding steroid dienone is 2. The molecule has 3 nitrogen and oxygen atoms in total. The third-order valence-corrected chi connectivity index (χ3v) is 4.48. The average molecular weight is 404 g/mol. The number of esters is 1. The largest absolute Gasteiger partial charge is 0.402 e. The molecule has 0 saturated heterocycles. The smallest absolute Gasteiger partial charge is 0.363 e. The van der Waals surface area contributed by atoms with Crippen molar-refractivity contribution >= 4 is 44.6 Å². The Kier molecular flexibility index (Phi) is 4.50. The van der Waals surface area contributed by atoms with Gasteiger partial charge < -0.3 is 4.74 Å². The van der Waals surface area contributed by atoms with E-state index >= 15 is 0 Å². The molecule has 1 aliphatic rings. The van der Waals surface area contributed by atoms with E-state index in [0.717, 1.165) is 26.4 Å². The van der Waals surface area contributed by atoms with Crippen LogP contribution >= 0.6 is 15.9 Å². The third-order valence-electron chi connectivity index (χ3n) is 4.02. The fraction of sp³-hybridized carbons (Fsp3) is 0. The summed E-state index contributed by atoms with van der Waals surface area (Å²) in [6.45, 7) is 0. The van der Waals surface area contributed by atoms with Gasteiger partial charge in [0.25, 0.3) is 0 Å². The van der Waals surface area contributed by atoms with Crippen molar-refractivity contribution in [3.8, 4) is 0 Å². The molecule has 0 radical (unpaired) electrons. The molecular formula is C22H14BrNO2. The second kappa shape index (κ2) is 7.10. The fourth-order valence-corrected chi connectivity index (χ4v) is 3.30. The van der Waals surface area contributed by atoms with Gasteiger partial charge in [0.1, 0.15) is 0 Å². The zero-order valence-corrected chi connectivity index (χ0v) is 15.3. The Labute approximate surface area is 159 Å². The van der Waals surface area contributed by atoms with Crippen molar-refractivity contribution in [1.82, 2.24) is 0 Å². The van der Waals surface area contributed by atoms with E-state index in [4.69, 9.17) is 4.74 Å². The maximum Gasteiger partial charge on any atom is 0.363 e. The summed E-state index contributed by atoms with van der Waals surface area (Å²) in [5.41, 5.74) is 2.11. The summed E-state index contributed by atoms with van der Waals surface area (Å²) in [6.07, 6.45) is 3.60. The lowest BCUT2D eigenvalue weighted by atomic mass is 10.0. The van der Waals surface area contributed by atoms with Crippen LogP contribution in [0.15, 0.2) is 94.0 Å². The highest BCUT2D eigenvalue weighted by molar-refractivity contribution is 9.12. The molecule has 0 aliphatic carbocycles. The minimum atomic E-state index is -0.452. The van der Waals surface area contributed by atoms with E-state index in [1.807, 2.05) is 78.9 Å². The Balaban J connectivity index is 1.70. The minimum Gasteiger partial charge on any atom is -0.402 e. The van der Waals surface area contributed by atoms with Crippen molar-refractivity contribution in [2.24, 2.45) is 4.99 Å². The van der Waals surface area contributed by atoms with Gasteiger partial charge in [-0.3, -0.25) is 0 Å². The number of hydrogen-bond acceptors (Lipinski definition) is 3. The number of cyclic esters (lactones) is 1. The quantitative estimate of drug-likeness (QED) is 0.429. The first kappa shape index (κ1) is 16.5. The molecule has 0 N–H and O–H groups in total. The van der Waals surface area contributed by atoms with Crippen LogP contribution in [-0.4, -0.2) is 11.9 Å². The summed E-state index contributed by atoms with van der Waals surface area (Å²) in [5.74, 6) is -0.121. The molecule has 0 bridgehead atoms. The van der Waals surface area contributed by atoms with Crippen molar-refractivity contribution in [2.45, 2.75) is 0 Å². The van der Waals surface area contributed by atoms with Crippen LogP contribution in [0.2, 0.25) is 0 Å². The van der Waals surface area contributed by atoms with Crippen LogP contribution in [0.5, 0.6) is 0 Å². The van der Waals surface area contributed by atoms with Crippen LogP contribution in [0.4, 0.5) is 0 Å². The number of hydrogen-bond donors (Lipinski definition) is 0. The van der Waals surface area contributed by atoms with Crippen molar-refractivity contribution in [2.75, 3.05) is 0 Å². The molecule has 1 aliphatic heterocycles. The van der Waals surface area contributed by atoms with Crippen LogP contribution < -0.4 is 0 Å². The number of halogens is 1. The van der Waals surface area contributed by atoms with Gasteiger partial charge in [-0.2, -0.15) is 0 Å². The van der Waals surface area contributed by atoms with E-state index in [1.54, 1.807) is 6.08 Å². The van der Waals surface area contributed by atoms with E-state index in [2.05, 4.69) is 20.9 Å². The van der Waals surface area contributed by atoms with Crippen LogP contribution in [-0.2, 0) is 9.53 Å². The fourth-order valence-electron chi connectivity index (χ4n) is 2.82. The first-order valence-electron chi connectivity index (χ1n) is 8.14. The third kappa shape index (κ3) is 3.37. The molecule has 4 rings (SSSR count). The highest BCUT2D eigenvalue weighted by Gasteiger charge is 2.25. The maximum atomic E-state index is 12.2. The number of benzene rings is 3. The predicted octanol–water partition coefficient (Wildman–Crippen LogP) is 5.46. The van der Waals surface area contributed by atoms with E-state index in [-0.39, 0.29) is 5.70 Å². The van der Waals surface area contributed by atoms with Gasteiger partial charge in [-0.15, -0.1) is 0 Å². The summed E-state index contributed by atoms with van der Waals surface area (Å²) >= 11 is 3.48. The molecule has 0 saturated carbocycles. The lowest BCUT2D eigenvalue weighted by Gasteiger charge is -2.04. The average Bonchev–Trinajstić information content (AvgIpc) is 3.02. The van der Waals surface area contributed by atoms with Gasteiger partial charge in [0.05, 0.1) is 0 Å². The zero-order valence-electron chi connectivity index (χ0n) is 13.7. The summed E-state index contributed by atoms with van der Waals surface area (Å²) < 4.78 is 6.16. The molecule has 126 valence electrons. The Bertz CT molecular complexity index is 1080. The van der Waals surface area contributed by atoms with Gasteiger partial charge in [0.2, 0.25) is 5.90 Å². The molecule has 26 heavy (non-hydrogen) atoms. The SMILES string of the molecule is O=C1OC(c2cccc3ccccc23)=NC1=CC(Br)=Cc1ccccc1. The number of ether oxygens (including phenoxy) is 1. The Morgan fingerprint density at radius 3 is 2.50 bits per heavy atom. The van der Waals surface area contributed by atoms with Gasteiger partial charge in [-0.25, -0.2) is 9.79 Å². The maximum absolute atomic E-state index is 12.2. The Hall–Kier alpha value is -2.98. The second-order valence-electron chi connectivity index (χ2n) is 5.80. The monoisotopic (exact) mass is 403 g/mol. The van der Waals surface area contributed by atoms with E-state index in [0.29, 0.717) is 5.90 Å². The molecule has 1 heterocycles. The summed E-state index contributed by atoms with van der Waals surface area (Å²) in [6, 6.07) is 23.7. The standard InChI is InChI=1S/C22H14BrNO2/c23-17(13-15-7-2-1-3-8-15)14-20-22(25)26-21(24-20)19-12-6-10-16-9-4-5-11-18(16)19/h1-14H. The first-order chi connectivity index (χ1) is 12.7. The zero-order chi connectivity index (χ0) is 17.9. The summed E-state index contributed by atoms with van der Waals surface area (Å²) in [4.78, 5) is 16.6. The van der Waals surface area contributed by atoms with Crippen LogP contribution in [0.3, 0.4) is 0 Å². The van der Waals surface area contributed by atoms with Crippen molar-refractivity contribution in [1.29, 1.82) is 0 Å². The number of aliphatic imine (C=N–C) groups is 1. The molecule has 0 amide bonds. The van der Waals surface area contributed by atoms with Crippen molar-refractivity contribution in [3.05, 3.63) is 100 Å². The van der Waals surface area contributed by atoms with Gasteiger partial charge in [0, 0.05) is 10.0 Å². The highest BCUT2D eigenvalue weighted by Crippen LogP contribution is 2.25. The normalized spacial score (nSPS) is 16.0. The predicted molar refractivity (Wildman–Crippen MR) is 108 cm³/mol. The minimum absolute atomic E-state index is 0.270. The van der Waals surface area contributed by atoms with Crippen LogP contribution in [0, 0.1) is 0 Å². The second-order valence-corrected chi connectivity index (χ2v) is 6.72. The van der Waals surface area contributed by atoms with E-state index in [9.17, 15) is 4.79 Å². The Morgan fingerprint density at radius 1 is 0.923 bits per heavy atom. The van der Waals surface area contributed by atoms with E-state index in [1.165, 1.54) is 0 Å². The summed E-state index contributed by atoms with van der Waals surface area (Å²) in [7, 11) is 0. The Morgan fingerprint density at radius 2 is 1.65 bits per heavy atom. The van der Waals surface area contributed by atoms with Crippen molar-refractivity contribution < 1.29 is 9.53 Å². The lowest BCUT2D eigenvalue weighted by Crippen LogP contribution is -2.05. The molecule has 3 aromatic rings. The molecule has 0 spiro atoms. The van der Waals surface area contributed by atoms with Crippen LogP contribution in [0.25, 0.3) is 16.8 Å². The number of fused-ring (bicyclic) bond motifs is 1. The summed E-state index contributed by atoms with van der Waals surface area (Å²) in [5, 5.41) is 2.08. The van der Waals surface area contributed by atoms with E-state index < -0.39 is 5.97 Å². The van der Waals surface area contributed by atoms with Crippen LogP contribution in [0.1, 0.15) is 11.1 Å². The number of nitrogens with zero attached hydrogens (tertiary/aromatic N) is 1. The van der Waals surface area contributed by atoms with Crippen molar-refractivity contribution in [3.63, 3.8) is 0 Å². The van der Waals surface area contributed by atoms with Gasteiger partial charge in [0.15, 0.2) is 5.70 Å². The molecule has 0 atom stereocenters. The molecule has 3 aromatic carbocycles. The number of carbonyl (C=O) groups excluding carboxylic acids is 1. The molecule has 4 heteroatoms. The molecular weight excluding hydrogens is 390 g/mol. The molecule has 0 fully saturated rings. The van der Waals surface area contributed by atoms with Gasteiger partial charge in [-0.1, -0.05) is 82.7 Å². The number of carbonyl (C=O) groups is 1. The van der Waals surface area contributed by atoms with Gasteiger partial charge in [-0.05, 0) is 34.6 Å². The molecule has 0 unspecified atom stereocenters. The highest BCUT2D eigenvalue weighted by atomic mass is 79.9. The number of rotatable bonds is 3. The van der Waals surface area contributed by atoms with Gasteiger partial charge >= 0.3 is 5.97 Å². The topological polar surface area (TPSA) is 38.7 Å². The lowest BCUT2D eigenvalue weighted by molar-refractivity contribution is -0.130. The first-order valence-corrected chi connectivity index (χ1v) is 8.93.